The van der Waals surface area contributed by atoms with E-state index in [0.717, 1.165) is 28.9 Å². The van der Waals surface area contributed by atoms with Crippen molar-refractivity contribution in [1.82, 2.24) is 14.7 Å². The van der Waals surface area contributed by atoms with Crippen molar-refractivity contribution in [1.29, 1.82) is 0 Å². The molecule has 2 atom stereocenters. The number of aliphatic carboxylic acids is 1. The van der Waals surface area contributed by atoms with E-state index < -0.39 is 64.4 Å². The largest absolute Gasteiger partial charge is 0.489 e. The molecule has 1 aliphatic heterocycles. The van der Waals surface area contributed by atoms with Gasteiger partial charge in [0.15, 0.2) is 29.5 Å². The number of nitrogens with two attached hydrogens (primary N) is 3. The van der Waals surface area contributed by atoms with Crippen molar-refractivity contribution >= 4 is 67.7 Å². The van der Waals surface area contributed by atoms with Gasteiger partial charge in [0.2, 0.25) is 6.20 Å². The standard InChI is InChI=1S/C27H33ClN8O10S2/c1-27(2)17(24(38)36(27)46-48(41,42)43)11-18(37)20(21-22(28)47-26(31)32-21)33-45-19(25(39)40)13-44-15-7-5-14(6-8-15)16-12-34(3)35(23(16)30)10-4-9-29/h5-8,12,17,19,30H,4,9-11,13,29H2,1-3H3,(H4,31,32,39,40,41,42,43)/p+1/b33-20+/t17?,19-/m0/s1. The Morgan fingerprint density at radius 1 is 1.25 bits per heavy atom. The molecular weight excluding hydrogens is 696 g/mol. The predicted octanol–water partition coefficient (Wildman–Crippen LogP) is 0.786. The van der Waals surface area contributed by atoms with Gasteiger partial charge in [0.1, 0.15) is 22.4 Å². The number of ether oxygens (including phenoxy) is 1. The molecule has 8 N–H and O–H groups in total. The van der Waals surface area contributed by atoms with E-state index in [1.165, 1.54) is 13.8 Å². The van der Waals surface area contributed by atoms with Crippen LogP contribution in [0.4, 0.5) is 10.9 Å². The Bertz CT molecular complexity index is 1840. The smallest absolute Gasteiger partial charge is 0.418 e. The van der Waals surface area contributed by atoms with Crippen molar-refractivity contribution < 1.29 is 51.0 Å². The Morgan fingerprint density at radius 2 is 1.92 bits per heavy atom. The number of aromatic nitrogens is 3. The van der Waals surface area contributed by atoms with Gasteiger partial charge in [0, 0.05) is 6.42 Å². The molecule has 1 fully saturated rings. The molecule has 1 aromatic carbocycles. The monoisotopic (exact) mass is 729 g/mol. The van der Waals surface area contributed by atoms with Gasteiger partial charge in [-0.3, -0.25) is 14.1 Å². The second-order valence-electron chi connectivity index (χ2n) is 11.1. The highest BCUT2D eigenvalue weighted by atomic mass is 35.5. The molecule has 1 unspecified atom stereocenters. The lowest BCUT2D eigenvalue weighted by Crippen LogP contribution is -2.68. The van der Waals surface area contributed by atoms with Crippen LogP contribution >= 0.6 is 22.9 Å². The van der Waals surface area contributed by atoms with Crippen molar-refractivity contribution in [2.75, 3.05) is 24.6 Å². The second kappa shape index (κ2) is 14.4. The third kappa shape index (κ3) is 8.02. The Morgan fingerprint density at radius 3 is 2.46 bits per heavy atom. The highest BCUT2D eigenvalue weighted by molar-refractivity contribution is 7.80. The molecule has 0 spiro atoms. The molecule has 3 heterocycles. The van der Waals surface area contributed by atoms with Crippen LogP contribution in [0, 0.1) is 5.92 Å². The number of carboxylic acid groups (broad SMARTS) is 1. The lowest BCUT2D eigenvalue weighted by Gasteiger charge is -2.50. The predicted molar refractivity (Wildman–Crippen MR) is 172 cm³/mol. The maximum Gasteiger partial charge on any atom is 0.418 e. The third-order valence-corrected chi connectivity index (χ3v) is 8.88. The number of nitrogens with zero attached hydrogens (tertiary/aromatic N) is 5. The number of rotatable bonds is 16. The molecule has 48 heavy (non-hydrogen) atoms. The second-order valence-corrected chi connectivity index (χ2v) is 13.8. The minimum absolute atomic E-state index is 0.0347. The average molecular weight is 730 g/mol. The number of amides is 1. The van der Waals surface area contributed by atoms with Crippen LogP contribution in [0.25, 0.3) is 11.1 Å². The number of ketones is 1. The van der Waals surface area contributed by atoms with Crippen molar-refractivity contribution in [2.45, 2.75) is 44.9 Å². The number of hydroxylamine groups is 2. The van der Waals surface area contributed by atoms with Gasteiger partial charge in [-0.25, -0.2) is 9.78 Å². The van der Waals surface area contributed by atoms with Crippen molar-refractivity contribution in [3.8, 4) is 16.9 Å². The van der Waals surface area contributed by atoms with Crippen LogP contribution in [-0.2, 0) is 47.5 Å². The fourth-order valence-corrected chi connectivity index (χ4v) is 6.26. The zero-order valence-corrected chi connectivity index (χ0v) is 28.3. The normalized spacial score (nSPS) is 16.8. The summed E-state index contributed by atoms with van der Waals surface area (Å²) >= 11 is 7.02. The average Bonchev–Trinajstić information content (AvgIpc) is 3.49. The van der Waals surface area contributed by atoms with Crippen molar-refractivity contribution in [3.63, 3.8) is 0 Å². The van der Waals surface area contributed by atoms with Crippen LogP contribution in [0.2, 0.25) is 4.34 Å². The van der Waals surface area contributed by atoms with Gasteiger partial charge >= 0.3 is 16.4 Å². The fourth-order valence-electron chi connectivity index (χ4n) is 4.88. The molecule has 0 bridgehead atoms. The maximum atomic E-state index is 13.4. The molecule has 3 aromatic rings. The van der Waals surface area contributed by atoms with Crippen LogP contribution in [-0.4, -0.2) is 81.0 Å². The lowest BCUT2D eigenvalue weighted by atomic mass is 9.74. The Kier molecular flexibility index (Phi) is 11.0. The summed E-state index contributed by atoms with van der Waals surface area (Å²) < 4.78 is 44.9. The zero-order chi connectivity index (χ0) is 35.6. The number of thiazole rings is 1. The van der Waals surface area contributed by atoms with E-state index in [0.29, 0.717) is 29.7 Å². The molecule has 4 rings (SSSR count). The topological polar surface area (TPSA) is 269 Å². The first kappa shape index (κ1) is 36.5. The summed E-state index contributed by atoms with van der Waals surface area (Å²) in [6, 6.07) is 6.74. The van der Waals surface area contributed by atoms with Gasteiger partial charge in [-0.05, 0) is 44.5 Å². The van der Waals surface area contributed by atoms with Crippen LogP contribution in [0.15, 0.2) is 35.6 Å². The SMILES string of the molecule is C[n+]1cc(-c2ccc(OC[C@H](O/N=C(\C(=O)CC3C(=O)N(OS(=O)(=O)O)C3(C)C)c3nc(N)sc3Cl)C(=O)O)cc2)c(N)n1CCCN. The van der Waals surface area contributed by atoms with Gasteiger partial charge in [0.25, 0.3) is 12.0 Å². The summed E-state index contributed by atoms with van der Waals surface area (Å²) in [5, 5.41) is 13.9. The maximum absolute atomic E-state index is 13.4. The first-order valence-corrected chi connectivity index (χ1v) is 16.7. The summed E-state index contributed by atoms with van der Waals surface area (Å²) in [7, 11) is -3.15. The Labute approximate surface area is 283 Å². The summed E-state index contributed by atoms with van der Waals surface area (Å²) in [4.78, 5) is 47.3. The summed E-state index contributed by atoms with van der Waals surface area (Å²) in [5.74, 6) is -3.52. The van der Waals surface area contributed by atoms with Crippen LogP contribution in [0.1, 0.15) is 32.4 Å². The number of nitrogen functional groups attached to an aromatic ring is 2. The first-order chi connectivity index (χ1) is 22.4. The molecule has 1 saturated heterocycles. The number of anilines is 2. The number of halogens is 1. The number of carbonyl (C=O) groups is 3. The van der Waals surface area contributed by atoms with Gasteiger partial charge in [-0.1, -0.05) is 40.2 Å². The lowest BCUT2D eigenvalue weighted by molar-refractivity contribution is -0.752. The number of hydrogen-bond acceptors (Lipinski definition) is 14. The van der Waals surface area contributed by atoms with E-state index in [9.17, 15) is 27.9 Å². The quantitative estimate of drug-likeness (QED) is 0.0449. The molecule has 0 saturated carbocycles. The highest BCUT2D eigenvalue weighted by Crippen LogP contribution is 2.41. The molecule has 21 heteroatoms. The zero-order valence-electron chi connectivity index (χ0n) is 25.9. The van der Waals surface area contributed by atoms with Crippen LogP contribution in [0.3, 0.4) is 0 Å². The molecule has 1 aliphatic rings. The molecular formula is C27H34ClN8O10S2+. The molecule has 1 amide bonds. The Balaban J connectivity index is 1.49. The van der Waals surface area contributed by atoms with E-state index in [1.54, 1.807) is 24.3 Å². The number of β-lactam (4-membered cyclic amide) rings is 1. The van der Waals surface area contributed by atoms with Crippen molar-refractivity contribution in [2.24, 2.45) is 23.9 Å². The number of oxime groups is 1. The molecule has 2 aromatic heterocycles. The van der Waals surface area contributed by atoms with Gasteiger partial charge < -0.3 is 31.9 Å². The van der Waals surface area contributed by atoms with Crippen LogP contribution in [0.5, 0.6) is 5.75 Å². The minimum Gasteiger partial charge on any atom is -0.489 e. The van der Waals surface area contributed by atoms with E-state index >= 15 is 0 Å². The highest BCUT2D eigenvalue weighted by Gasteiger charge is 2.57. The van der Waals surface area contributed by atoms with E-state index in [2.05, 4.69) is 14.4 Å². The number of carbonyl (C=O) groups excluding carboxylic acids is 2. The van der Waals surface area contributed by atoms with Crippen molar-refractivity contribution in [3.05, 3.63) is 40.5 Å². The van der Waals surface area contributed by atoms with Crippen LogP contribution < -0.4 is 26.6 Å². The first-order valence-electron chi connectivity index (χ1n) is 14.2. The van der Waals surface area contributed by atoms with E-state index in [1.807, 2.05) is 22.6 Å². The number of aryl methyl sites for hydroxylation is 1. The molecule has 18 nitrogen and oxygen atoms in total. The summed E-state index contributed by atoms with van der Waals surface area (Å²) in [6.45, 7) is 3.44. The van der Waals surface area contributed by atoms with E-state index in [4.69, 9.17) is 42.9 Å². The number of hydrogen-bond donors (Lipinski definition) is 5. The minimum atomic E-state index is -5.02. The van der Waals surface area contributed by atoms with Gasteiger partial charge in [0.05, 0.1) is 23.6 Å². The van der Waals surface area contributed by atoms with Gasteiger partial charge in [-0.15, -0.1) is 13.6 Å². The van der Waals surface area contributed by atoms with E-state index in [-0.39, 0.29) is 15.2 Å². The summed E-state index contributed by atoms with van der Waals surface area (Å²) in [6.07, 6.45) is 0.351. The molecule has 0 radical (unpaired) electrons. The molecule has 260 valence electrons. The number of benzene rings is 1. The molecule has 0 aliphatic carbocycles. The fraction of sp³-hybridized carbons (Fsp3) is 0.407. The number of Topliss-reactive ketones (excluding diaryl/α,β-unsaturated/α-hetero) is 1. The van der Waals surface area contributed by atoms with Gasteiger partial charge in [-0.2, -0.15) is 13.5 Å². The number of carboxylic acids is 1. The Hall–Kier alpha value is -4.34. The third-order valence-electron chi connectivity index (χ3n) is 7.46. The summed E-state index contributed by atoms with van der Waals surface area (Å²) in [5.41, 5.74) is 17.2.